The van der Waals surface area contributed by atoms with Gasteiger partial charge >= 0.3 is 0 Å². The van der Waals surface area contributed by atoms with E-state index < -0.39 is 0 Å². The predicted octanol–water partition coefficient (Wildman–Crippen LogP) is 6.52. The van der Waals surface area contributed by atoms with Crippen LogP contribution < -0.4 is 14.8 Å². The first-order valence-electron chi connectivity index (χ1n) is 10.5. The Kier molecular flexibility index (Phi) is 6.42. The van der Waals surface area contributed by atoms with Crippen LogP contribution in [0.3, 0.4) is 0 Å². The third-order valence-corrected chi connectivity index (χ3v) is 6.03. The van der Waals surface area contributed by atoms with Crippen LogP contribution >= 0.6 is 15.9 Å². The molecule has 0 aliphatic rings. The number of hydrogen-bond donors (Lipinski definition) is 1. The number of nitrogens with one attached hydrogen (secondary N) is 1. The van der Waals surface area contributed by atoms with E-state index in [9.17, 15) is 4.79 Å². The number of nitrogens with zero attached hydrogens (tertiary/aromatic N) is 1. The maximum Gasteiger partial charge on any atom is 0.262 e. The minimum Gasteiger partial charge on any atom is -0.495 e. The number of halogens is 1. The quantitative estimate of drug-likeness (QED) is 0.321. The summed E-state index contributed by atoms with van der Waals surface area (Å²) in [4.78, 5) is 17.3. The molecule has 33 heavy (non-hydrogen) atoms. The number of aryl methyl sites for hydroxylation is 4. The van der Waals surface area contributed by atoms with Gasteiger partial charge in [-0.3, -0.25) is 4.79 Å². The highest BCUT2D eigenvalue weighted by molar-refractivity contribution is 9.10. The Hall–Kier alpha value is -3.32. The predicted molar refractivity (Wildman–Crippen MR) is 133 cm³/mol. The van der Waals surface area contributed by atoms with Crippen LogP contribution in [0.5, 0.6) is 11.5 Å². The van der Waals surface area contributed by atoms with E-state index in [0.717, 1.165) is 43.4 Å². The molecule has 0 saturated heterocycles. The molecule has 0 fully saturated rings. The maximum atomic E-state index is 12.7. The van der Waals surface area contributed by atoms with Gasteiger partial charge in [-0.05, 0) is 102 Å². The largest absolute Gasteiger partial charge is 0.495 e. The molecule has 170 valence electrons. The average Bonchev–Trinajstić information content (AvgIpc) is 3.16. The van der Waals surface area contributed by atoms with Crippen molar-refractivity contribution in [2.75, 3.05) is 19.0 Å². The minimum absolute atomic E-state index is 0.142. The number of aromatic nitrogens is 1. The Morgan fingerprint density at radius 1 is 1.03 bits per heavy atom. The van der Waals surface area contributed by atoms with E-state index >= 15 is 0 Å². The Morgan fingerprint density at radius 3 is 2.52 bits per heavy atom. The molecular weight excluding hydrogens is 484 g/mol. The summed E-state index contributed by atoms with van der Waals surface area (Å²) in [6, 6.07) is 13.4. The van der Waals surface area contributed by atoms with Crippen LogP contribution in [0, 0.1) is 27.7 Å². The second-order valence-corrected chi connectivity index (χ2v) is 8.92. The van der Waals surface area contributed by atoms with Crippen molar-refractivity contribution in [2.24, 2.45) is 0 Å². The molecule has 0 unspecified atom stereocenters. The molecule has 0 radical (unpaired) electrons. The van der Waals surface area contributed by atoms with Crippen LogP contribution in [0.15, 0.2) is 51.4 Å². The summed E-state index contributed by atoms with van der Waals surface area (Å²) < 4.78 is 18.0. The number of hydrogen-bond acceptors (Lipinski definition) is 5. The fourth-order valence-electron chi connectivity index (χ4n) is 3.65. The van der Waals surface area contributed by atoms with Crippen molar-refractivity contribution in [2.45, 2.75) is 27.7 Å². The van der Waals surface area contributed by atoms with E-state index in [-0.39, 0.29) is 12.5 Å². The van der Waals surface area contributed by atoms with Crippen LogP contribution in [0.2, 0.25) is 0 Å². The highest BCUT2D eigenvalue weighted by atomic mass is 79.9. The molecule has 1 heterocycles. The molecule has 4 rings (SSSR count). The lowest BCUT2D eigenvalue weighted by molar-refractivity contribution is -0.118. The molecule has 1 N–H and O–H groups in total. The summed E-state index contributed by atoms with van der Waals surface area (Å²) in [5.74, 6) is 1.35. The standard InChI is InChI=1S/C26H25BrN2O4/c1-14-8-17(4)25(19(27)9-14)32-13-24(30)28-21-12-18(6-7-22(21)31-5)26-29-20-10-15(2)16(3)11-23(20)33-26/h6-12H,13H2,1-5H3,(H,28,30). The second-order valence-electron chi connectivity index (χ2n) is 8.07. The molecule has 4 aromatic rings. The Labute approximate surface area is 201 Å². The van der Waals surface area contributed by atoms with Gasteiger partial charge in [-0.15, -0.1) is 0 Å². The van der Waals surface area contributed by atoms with Gasteiger partial charge in [0.05, 0.1) is 17.3 Å². The van der Waals surface area contributed by atoms with Crippen LogP contribution in [0.4, 0.5) is 5.69 Å². The zero-order valence-electron chi connectivity index (χ0n) is 19.2. The van der Waals surface area contributed by atoms with Gasteiger partial charge < -0.3 is 19.2 Å². The summed E-state index contributed by atoms with van der Waals surface area (Å²) in [5, 5.41) is 2.87. The number of ether oxygens (including phenoxy) is 2. The summed E-state index contributed by atoms with van der Waals surface area (Å²) in [6.45, 7) is 7.89. The summed E-state index contributed by atoms with van der Waals surface area (Å²) >= 11 is 3.50. The Balaban J connectivity index is 1.55. The Bertz CT molecular complexity index is 1300. The third-order valence-electron chi connectivity index (χ3n) is 5.45. The number of fused-ring (bicyclic) bond motifs is 1. The molecule has 0 aliphatic carbocycles. The van der Waals surface area contributed by atoms with E-state index in [1.54, 1.807) is 19.2 Å². The van der Waals surface area contributed by atoms with Crippen molar-refractivity contribution < 1.29 is 18.7 Å². The summed E-state index contributed by atoms with van der Waals surface area (Å²) in [6.07, 6.45) is 0. The van der Waals surface area contributed by atoms with Gasteiger partial charge in [0.25, 0.3) is 5.91 Å². The van der Waals surface area contributed by atoms with Gasteiger partial charge in [-0.1, -0.05) is 6.07 Å². The molecule has 7 heteroatoms. The van der Waals surface area contributed by atoms with Crippen LogP contribution in [0.25, 0.3) is 22.6 Å². The number of methoxy groups -OCH3 is 1. The molecule has 1 amide bonds. The highest BCUT2D eigenvalue weighted by Gasteiger charge is 2.15. The highest BCUT2D eigenvalue weighted by Crippen LogP contribution is 2.33. The van der Waals surface area contributed by atoms with E-state index in [2.05, 4.69) is 26.2 Å². The van der Waals surface area contributed by atoms with Crippen molar-refractivity contribution in [3.8, 4) is 23.0 Å². The van der Waals surface area contributed by atoms with Crippen molar-refractivity contribution in [1.29, 1.82) is 0 Å². The third kappa shape index (κ3) is 4.88. The number of carbonyl (C=O) groups is 1. The number of benzene rings is 3. The molecule has 0 saturated carbocycles. The first-order chi connectivity index (χ1) is 15.7. The molecule has 6 nitrogen and oxygen atoms in total. The number of amides is 1. The molecule has 0 spiro atoms. The fourth-order valence-corrected chi connectivity index (χ4v) is 4.44. The number of oxazole rings is 1. The molecule has 0 bridgehead atoms. The smallest absolute Gasteiger partial charge is 0.262 e. The van der Waals surface area contributed by atoms with Crippen LogP contribution in [-0.2, 0) is 4.79 Å². The lowest BCUT2D eigenvalue weighted by Gasteiger charge is -2.14. The SMILES string of the molecule is COc1ccc(-c2nc3cc(C)c(C)cc3o2)cc1NC(=O)COc1c(C)cc(C)cc1Br. The Morgan fingerprint density at radius 2 is 1.79 bits per heavy atom. The molecule has 0 aliphatic heterocycles. The van der Waals surface area contributed by atoms with Crippen molar-refractivity contribution in [3.63, 3.8) is 0 Å². The van der Waals surface area contributed by atoms with Crippen molar-refractivity contribution in [3.05, 3.63) is 69.2 Å². The molecule has 1 aromatic heterocycles. The van der Waals surface area contributed by atoms with E-state index in [4.69, 9.17) is 13.9 Å². The van der Waals surface area contributed by atoms with E-state index in [1.165, 1.54) is 0 Å². The zero-order valence-corrected chi connectivity index (χ0v) is 20.8. The van der Waals surface area contributed by atoms with Gasteiger partial charge in [0.15, 0.2) is 12.2 Å². The van der Waals surface area contributed by atoms with Crippen LogP contribution in [-0.4, -0.2) is 24.6 Å². The number of carbonyl (C=O) groups excluding carboxylic acids is 1. The first-order valence-corrected chi connectivity index (χ1v) is 11.3. The zero-order chi connectivity index (χ0) is 23.7. The first kappa shape index (κ1) is 22.9. The van der Waals surface area contributed by atoms with Crippen LogP contribution in [0.1, 0.15) is 22.3 Å². The molecular formula is C26H25BrN2O4. The van der Waals surface area contributed by atoms with Gasteiger partial charge in [0.1, 0.15) is 17.0 Å². The van der Waals surface area contributed by atoms with Gasteiger partial charge in [0.2, 0.25) is 5.89 Å². The van der Waals surface area contributed by atoms with Gasteiger partial charge in [-0.25, -0.2) is 4.98 Å². The topological polar surface area (TPSA) is 73.6 Å². The molecule has 0 atom stereocenters. The summed E-state index contributed by atoms with van der Waals surface area (Å²) in [7, 11) is 1.55. The van der Waals surface area contributed by atoms with E-state index in [0.29, 0.717) is 23.1 Å². The average molecular weight is 509 g/mol. The molecule has 3 aromatic carbocycles. The fraction of sp³-hybridized carbons (Fsp3) is 0.231. The number of anilines is 1. The lowest BCUT2D eigenvalue weighted by atomic mass is 10.1. The van der Waals surface area contributed by atoms with Crippen molar-refractivity contribution >= 4 is 38.6 Å². The van der Waals surface area contributed by atoms with E-state index in [1.807, 2.05) is 58.0 Å². The van der Waals surface area contributed by atoms with Gasteiger partial charge in [0, 0.05) is 5.56 Å². The van der Waals surface area contributed by atoms with Crippen molar-refractivity contribution in [1.82, 2.24) is 4.98 Å². The maximum absolute atomic E-state index is 12.7. The lowest BCUT2D eigenvalue weighted by Crippen LogP contribution is -2.21. The minimum atomic E-state index is -0.305. The normalized spacial score (nSPS) is 11.0. The summed E-state index contributed by atoms with van der Waals surface area (Å²) in [5.41, 5.74) is 7.12. The number of rotatable bonds is 6. The second kappa shape index (κ2) is 9.27. The van der Waals surface area contributed by atoms with Gasteiger partial charge in [-0.2, -0.15) is 0 Å². The monoisotopic (exact) mass is 508 g/mol.